The summed E-state index contributed by atoms with van der Waals surface area (Å²) in [7, 11) is 1.98. The topological polar surface area (TPSA) is 29.9 Å². The summed E-state index contributed by atoms with van der Waals surface area (Å²) in [5, 5.41) is 3.95. The van der Waals surface area contributed by atoms with Crippen molar-refractivity contribution in [2.24, 2.45) is 5.92 Å². The highest BCUT2D eigenvalue weighted by Gasteiger charge is 2.08. The lowest BCUT2D eigenvalue weighted by molar-refractivity contribution is 0.464. The van der Waals surface area contributed by atoms with Gasteiger partial charge in [-0.2, -0.15) is 0 Å². The molecule has 0 radical (unpaired) electrons. The lowest BCUT2D eigenvalue weighted by atomic mass is 10.1. The first-order chi connectivity index (χ1) is 8.70. The normalized spacial score (nSPS) is 12.6. The van der Waals surface area contributed by atoms with E-state index in [0.29, 0.717) is 5.92 Å². The second kappa shape index (κ2) is 6.03. The fraction of sp³-hybridized carbons (Fsp3) is 0.357. The van der Waals surface area contributed by atoms with Crippen molar-refractivity contribution in [3.05, 3.63) is 41.8 Å². The van der Waals surface area contributed by atoms with Crippen molar-refractivity contribution in [1.82, 2.24) is 14.9 Å². The van der Waals surface area contributed by atoms with Crippen molar-refractivity contribution in [1.29, 1.82) is 0 Å². The van der Waals surface area contributed by atoms with Crippen LogP contribution in [0.15, 0.2) is 36.8 Å². The largest absolute Gasteiger partial charge is 0.330 e. The fourth-order valence-corrected chi connectivity index (χ4v) is 2.20. The van der Waals surface area contributed by atoms with Crippen LogP contribution in [-0.4, -0.2) is 23.1 Å². The van der Waals surface area contributed by atoms with E-state index in [4.69, 9.17) is 11.6 Å². The number of hydrogen-bond donors (Lipinski definition) is 1. The van der Waals surface area contributed by atoms with Crippen molar-refractivity contribution in [2.75, 3.05) is 13.6 Å². The van der Waals surface area contributed by atoms with Crippen molar-refractivity contribution in [2.45, 2.75) is 13.5 Å². The highest BCUT2D eigenvalue weighted by Crippen LogP contribution is 2.21. The molecule has 18 heavy (non-hydrogen) atoms. The molecule has 1 aromatic carbocycles. The van der Waals surface area contributed by atoms with Crippen LogP contribution in [0.2, 0.25) is 5.02 Å². The Morgan fingerprint density at radius 3 is 2.72 bits per heavy atom. The number of aromatic nitrogens is 2. The zero-order valence-electron chi connectivity index (χ0n) is 10.7. The molecule has 96 valence electrons. The number of benzene rings is 1. The van der Waals surface area contributed by atoms with E-state index >= 15 is 0 Å². The predicted octanol–water partition coefficient (Wildman–Crippen LogP) is 3.06. The zero-order chi connectivity index (χ0) is 13.0. The first kappa shape index (κ1) is 13.1. The third-order valence-corrected chi connectivity index (χ3v) is 3.17. The number of halogens is 1. The molecule has 0 aliphatic heterocycles. The fourth-order valence-electron chi connectivity index (χ4n) is 2.08. The standard InChI is InChI=1S/C14H18ClN3/c1-11(7-16-2)9-18-10-17-8-14(18)12-3-5-13(15)6-4-12/h3-6,8,10-11,16H,7,9H2,1-2H3. The first-order valence-corrected chi connectivity index (χ1v) is 6.49. The summed E-state index contributed by atoms with van der Waals surface area (Å²) in [5.74, 6) is 0.565. The molecule has 0 aliphatic rings. The summed E-state index contributed by atoms with van der Waals surface area (Å²) in [6, 6.07) is 7.87. The van der Waals surface area contributed by atoms with Crippen LogP contribution in [0.5, 0.6) is 0 Å². The second-order valence-electron chi connectivity index (χ2n) is 4.60. The average molecular weight is 264 g/mol. The lowest BCUT2D eigenvalue weighted by Crippen LogP contribution is -2.20. The number of nitrogens with zero attached hydrogens (tertiary/aromatic N) is 2. The minimum Gasteiger partial charge on any atom is -0.330 e. The van der Waals surface area contributed by atoms with Gasteiger partial charge in [-0.25, -0.2) is 4.98 Å². The Morgan fingerprint density at radius 1 is 1.33 bits per heavy atom. The molecule has 3 nitrogen and oxygen atoms in total. The molecule has 0 bridgehead atoms. The Kier molecular flexibility index (Phi) is 4.39. The molecular weight excluding hydrogens is 246 g/mol. The molecule has 2 rings (SSSR count). The molecule has 0 amide bonds. The average Bonchev–Trinajstić information content (AvgIpc) is 2.78. The first-order valence-electron chi connectivity index (χ1n) is 6.11. The van der Waals surface area contributed by atoms with E-state index < -0.39 is 0 Å². The van der Waals surface area contributed by atoms with Gasteiger partial charge < -0.3 is 9.88 Å². The van der Waals surface area contributed by atoms with Crippen molar-refractivity contribution in [3.8, 4) is 11.3 Å². The van der Waals surface area contributed by atoms with Crippen LogP contribution in [0, 0.1) is 5.92 Å². The van der Waals surface area contributed by atoms with Gasteiger partial charge >= 0.3 is 0 Å². The summed E-state index contributed by atoms with van der Waals surface area (Å²) in [6.07, 6.45) is 3.78. The summed E-state index contributed by atoms with van der Waals surface area (Å²) < 4.78 is 2.19. The number of imidazole rings is 1. The van der Waals surface area contributed by atoms with Gasteiger partial charge in [-0.15, -0.1) is 0 Å². The van der Waals surface area contributed by atoms with Crippen molar-refractivity contribution < 1.29 is 0 Å². The Bertz CT molecular complexity index is 490. The van der Waals surface area contributed by atoms with E-state index in [-0.39, 0.29) is 0 Å². The van der Waals surface area contributed by atoms with E-state index in [1.807, 2.05) is 43.8 Å². The maximum atomic E-state index is 5.91. The van der Waals surface area contributed by atoms with Gasteiger partial charge in [0.2, 0.25) is 0 Å². The monoisotopic (exact) mass is 263 g/mol. The van der Waals surface area contributed by atoms with E-state index in [2.05, 4.69) is 21.8 Å². The molecule has 0 saturated heterocycles. The molecule has 1 atom stereocenters. The van der Waals surface area contributed by atoms with Gasteiger partial charge in [0.1, 0.15) is 0 Å². The van der Waals surface area contributed by atoms with Crippen LogP contribution >= 0.6 is 11.6 Å². The third kappa shape index (κ3) is 3.12. The van der Waals surface area contributed by atoms with Crippen LogP contribution in [0.4, 0.5) is 0 Å². The maximum Gasteiger partial charge on any atom is 0.0951 e. The Balaban J connectivity index is 2.19. The van der Waals surface area contributed by atoms with Gasteiger partial charge in [0, 0.05) is 11.6 Å². The second-order valence-corrected chi connectivity index (χ2v) is 5.04. The molecule has 1 aromatic heterocycles. The summed E-state index contributed by atoms with van der Waals surface area (Å²) in [4.78, 5) is 4.24. The zero-order valence-corrected chi connectivity index (χ0v) is 11.5. The molecular formula is C14H18ClN3. The molecule has 0 fully saturated rings. The van der Waals surface area contributed by atoms with Gasteiger partial charge in [0.25, 0.3) is 0 Å². The number of hydrogen-bond acceptors (Lipinski definition) is 2. The van der Waals surface area contributed by atoms with E-state index in [1.54, 1.807) is 0 Å². The van der Waals surface area contributed by atoms with E-state index in [1.165, 1.54) is 0 Å². The molecule has 0 spiro atoms. The third-order valence-electron chi connectivity index (χ3n) is 2.91. The molecule has 1 unspecified atom stereocenters. The van der Waals surface area contributed by atoms with Crippen LogP contribution in [0.25, 0.3) is 11.3 Å². The van der Waals surface area contributed by atoms with Crippen LogP contribution < -0.4 is 5.32 Å². The molecule has 0 saturated carbocycles. The Morgan fingerprint density at radius 2 is 2.06 bits per heavy atom. The van der Waals surface area contributed by atoms with Crippen LogP contribution in [-0.2, 0) is 6.54 Å². The smallest absolute Gasteiger partial charge is 0.0951 e. The molecule has 1 heterocycles. The molecule has 0 aliphatic carbocycles. The summed E-state index contributed by atoms with van der Waals surface area (Å²) in [5.41, 5.74) is 2.28. The minimum atomic E-state index is 0.565. The quantitative estimate of drug-likeness (QED) is 0.899. The van der Waals surface area contributed by atoms with Crippen molar-refractivity contribution in [3.63, 3.8) is 0 Å². The van der Waals surface area contributed by atoms with Gasteiger partial charge in [-0.05, 0) is 37.2 Å². The predicted molar refractivity (Wildman–Crippen MR) is 75.8 cm³/mol. The molecule has 1 N–H and O–H groups in total. The highest BCUT2D eigenvalue weighted by atomic mass is 35.5. The highest BCUT2D eigenvalue weighted by molar-refractivity contribution is 6.30. The molecule has 4 heteroatoms. The van der Waals surface area contributed by atoms with Gasteiger partial charge in [0.15, 0.2) is 0 Å². The number of nitrogens with one attached hydrogen (secondary N) is 1. The van der Waals surface area contributed by atoms with Gasteiger partial charge in [-0.1, -0.05) is 30.7 Å². The van der Waals surface area contributed by atoms with Gasteiger partial charge in [0.05, 0.1) is 18.2 Å². The van der Waals surface area contributed by atoms with Gasteiger partial charge in [-0.3, -0.25) is 0 Å². The van der Waals surface area contributed by atoms with Crippen LogP contribution in [0.1, 0.15) is 6.92 Å². The summed E-state index contributed by atoms with van der Waals surface area (Å²) in [6.45, 7) is 4.18. The van der Waals surface area contributed by atoms with Crippen LogP contribution in [0.3, 0.4) is 0 Å². The Hall–Kier alpha value is -1.32. The minimum absolute atomic E-state index is 0.565. The SMILES string of the molecule is CNCC(C)Cn1cncc1-c1ccc(Cl)cc1. The molecule has 2 aromatic rings. The van der Waals surface area contributed by atoms with Crippen molar-refractivity contribution >= 4 is 11.6 Å². The lowest BCUT2D eigenvalue weighted by Gasteiger charge is -2.14. The Labute approximate surface area is 113 Å². The maximum absolute atomic E-state index is 5.91. The number of rotatable bonds is 5. The summed E-state index contributed by atoms with van der Waals surface area (Å²) >= 11 is 5.91. The van der Waals surface area contributed by atoms with E-state index in [9.17, 15) is 0 Å². The van der Waals surface area contributed by atoms with E-state index in [0.717, 1.165) is 29.4 Å².